The number of rotatable bonds is 10. The minimum Gasteiger partial charge on any atom is -0.458 e. The van der Waals surface area contributed by atoms with Crippen molar-refractivity contribution < 1.29 is 52.8 Å². The molecule has 3 saturated heterocycles. The summed E-state index contributed by atoms with van der Waals surface area (Å²) >= 11 is 1.26. The Bertz CT molecular complexity index is 1880. The number of cyclic esters (lactones) is 1. The molecule has 0 aromatic carbocycles. The van der Waals surface area contributed by atoms with Gasteiger partial charge < -0.3 is 44.3 Å². The van der Waals surface area contributed by atoms with Gasteiger partial charge in [-0.25, -0.2) is 0 Å². The predicted octanol–water partition coefficient (Wildman–Crippen LogP) is 4.12. The number of ketones is 2. The van der Waals surface area contributed by atoms with Crippen LogP contribution in [0.2, 0.25) is 0 Å². The summed E-state index contributed by atoms with van der Waals surface area (Å²) < 4.78 is 31.1. The Hall–Kier alpha value is -3.94. The van der Waals surface area contributed by atoms with E-state index in [1.165, 1.54) is 25.4 Å². The summed E-state index contributed by atoms with van der Waals surface area (Å²) in [6.45, 7) is 15.2. The highest BCUT2D eigenvalue weighted by molar-refractivity contribution is 7.14. The van der Waals surface area contributed by atoms with E-state index < -0.39 is 95.1 Å². The van der Waals surface area contributed by atoms with Gasteiger partial charge in [0.25, 0.3) is 0 Å². The van der Waals surface area contributed by atoms with Crippen molar-refractivity contribution in [3.05, 3.63) is 29.4 Å². The number of aromatic nitrogens is 3. The van der Waals surface area contributed by atoms with E-state index in [1.54, 1.807) is 60.7 Å². The minimum absolute atomic E-state index is 0.0515. The fourth-order valence-corrected chi connectivity index (χ4v) is 9.97. The zero-order valence-corrected chi connectivity index (χ0v) is 37.5. The quantitative estimate of drug-likeness (QED) is 0.113. The summed E-state index contributed by atoms with van der Waals surface area (Å²) in [5, 5.41) is 25.1. The lowest BCUT2D eigenvalue weighted by molar-refractivity contribution is -0.295. The summed E-state index contributed by atoms with van der Waals surface area (Å²) in [5.41, 5.74) is 4.33. The van der Waals surface area contributed by atoms with Gasteiger partial charge in [-0.3, -0.25) is 24.2 Å². The first kappa shape index (κ1) is 47.1. The lowest BCUT2D eigenvalue weighted by Gasteiger charge is -2.47. The molecule has 2 aromatic rings. The zero-order valence-electron chi connectivity index (χ0n) is 36.7. The third kappa shape index (κ3) is 9.43. The van der Waals surface area contributed by atoms with Crippen LogP contribution in [0.15, 0.2) is 29.6 Å². The van der Waals surface area contributed by atoms with Crippen LogP contribution in [0.4, 0.5) is 0 Å². The Labute approximate surface area is 356 Å². The molecule has 15 atom stereocenters. The molecule has 5 heterocycles. The predicted molar refractivity (Wildman–Crippen MR) is 220 cm³/mol. The second-order valence-corrected chi connectivity index (χ2v) is 18.2. The van der Waals surface area contributed by atoms with Gasteiger partial charge in [-0.2, -0.15) is 0 Å². The first-order chi connectivity index (χ1) is 28.2. The fraction of sp³-hybridized carbons (Fsp3) is 0.714. The molecule has 17 nitrogen and oxygen atoms in total. The first-order valence-electron chi connectivity index (χ1n) is 20.6. The van der Waals surface area contributed by atoms with Crippen LogP contribution in [0, 0.1) is 35.5 Å². The second kappa shape index (κ2) is 19.0. The van der Waals surface area contributed by atoms with Gasteiger partial charge in [0.15, 0.2) is 39.6 Å². The van der Waals surface area contributed by atoms with E-state index in [0.29, 0.717) is 22.1 Å². The van der Waals surface area contributed by atoms with Crippen LogP contribution < -0.4 is 5.73 Å². The Morgan fingerprint density at radius 3 is 2.38 bits per heavy atom. The number of hydrogen-bond donors (Lipinski definition) is 2. The van der Waals surface area contributed by atoms with Crippen molar-refractivity contribution in [1.29, 1.82) is 0 Å². The third-order valence-electron chi connectivity index (χ3n) is 12.7. The molecule has 332 valence electrons. The number of nitrogens with two attached hydrogens (primary N) is 1. The largest absolute Gasteiger partial charge is 0.458 e. The summed E-state index contributed by atoms with van der Waals surface area (Å²) in [5.74, 6) is -8.88. The van der Waals surface area contributed by atoms with Gasteiger partial charge in [-0.15, -0.1) is 10.2 Å². The molecule has 0 bridgehead atoms. The van der Waals surface area contributed by atoms with E-state index >= 15 is 0 Å². The number of methoxy groups -OCH3 is 1. The molecule has 0 amide bonds. The molecule has 3 aliphatic heterocycles. The number of likely N-dealkylation sites (N-methyl/N-ethyl adjacent to an activating group) is 1. The molecule has 0 unspecified atom stereocenters. The van der Waals surface area contributed by atoms with Gasteiger partial charge in [-0.05, 0) is 80.1 Å². The van der Waals surface area contributed by atoms with Crippen molar-refractivity contribution in [3.63, 3.8) is 0 Å². The Balaban J connectivity index is 1.51. The van der Waals surface area contributed by atoms with E-state index in [0.717, 1.165) is 0 Å². The molecule has 0 radical (unpaired) electrons. The molecular weight excluding hydrogens is 797 g/mol. The van der Waals surface area contributed by atoms with Gasteiger partial charge in [0.2, 0.25) is 0 Å². The number of esters is 2. The van der Waals surface area contributed by atoms with E-state index in [4.69, 9.17) is 34.3 Å². The van der Waals surface area contributed by atoms with Gasteiger partial charge in [0.1, 0.15) is 35.5 Å². The number of ether oxygens (including phenoxy) is 5. The molecule has 0 spiro atoms. The van der Waals surface area contributed by atoms with Gasteiger partial charge in [0.05, 0.1) is 17.8 Å². The molecule has 0 saturated carbocycles. The highest BCUT2D eigenvalue weighted by Gasteiger charge is 2.62. The number of carbonyl (C=O) groups excluding carboxylic acids is 4. The molecule has 2 aromatic heterocycles. The van der Waals surface area contributed by atoms with Crippen LogP contribution in [0.3, 0.4) is 0 Å². The number of aliphatic hydroxyl groups is 1. The smallest absolute Gasteiger partial charge is 0.317 e. The van der Waals surface area contributed by atoms with Crippen LogP contribution in [-0.4, -0.2) is 124 Å². The average molecular weight is 859 g/mol. The zero-order chi connectivity index (χ0) is 44.4. The normalized spacial score (nSPS) is 37.9. The van der Waals surface area contributed by atoms with Crippen molar-refractivity contribution in [1.82, 2.24) is 20.1 Å². The maximum atomic E-state index is 14.8. The van der Waals surface area contributed by atoms with Crippen LogP contribution >= 0.6 is 11.3 Å². The van der Waals surface area contributed by atoms with Gasteiger partial charge in [0, 0.05) is 43.0 Å². The number of aliphatic hydroxyl groups excluding tert-OH is 1. The number of pyridine rings is 1. The summed E-state index contributed by atoms with van der Waals surface area (Å²) in [7, 11) is 5.17. The standard InChI is InChI=1S/C42H62N6O11S/c1-13-28-42(9)30(29(39(53)58-42)35(43)47-59-25(7)36-45-46-37(60-36)26-16-14-15-17-44-26)22(4)31(49)20(2)19-41(8,54-12)34(23(5)32(50)24(6)38(52)56-28)57-40-33(51)27(48(10)11)18-21(3)55-40/h14-17,20-25,27-30,33-34,40,51H,13,18-19H2,1-12H3,(H2,43,47)/t20-,21-,22-,23+,24-,25-,27+,28+,29-,30+,33-,34-,40+,41-,42-/m1/s1. The molecule has 3 fully saturated rings. The number of fused-ring (bicyclic) bond motifs is 1. The Morgan fingerprint density at radius 1 is 1.07 bits per heavy atom. The first-order valence-corrected chi connectivity index (χ1v) is 21.5. The summed E-state index contributed by atoms with van der Waals surface area (Å²) in [4.78, 5) is 69.1. The molecule has 0 aliphatic carbocycles. The van der Waals surface area contributed by atoms with E-state index in [1.807, 2.05) is 38.1 Å². The minimum atomic E-state index is -1.58. The monoisotopic (exact) mass is 858 g/mol. The van der Waals surface area contributed by atoms with Crippen LogP contribution in [-0.2, 0) is 47.7 Å². The van der Waals surface area contributed by atoms with Crippen LogP contribution in [0.5, 0.6) is 0 Å². The maximum absolute atomic E-state index is 14.8. The molecule has 5 rings (SSSR count). The van der Waals surface area contributed by atoms with E-state index in [-0.39, 0.29) is 36.6 Å². The number of Topliss-reactive ketones (excluding diaryl/α,β-unsaturated/α-hetero) is 2. The number of carbonyl (C=O) groups is 4. The molecule has 60 heavy (non-hydrogen) atoms. The van der Waals surface area contributed by atoms with Crippen molar-refractivity contribution in [3.8, 4) is 10.7 Å². The Kier molecular flexibility index (Phi) is 14.9. The summed E-state index contributed by atoms with van der Waals surface area (Å²) in [6, 6.07) is 5.14. The molecule has 3 N–H and O–H groups in total. The number of nitrogens with zero attached hydrogens (tertiary/aromatic N) is 5. The fourth-order valence-electron chi connectivity index (χ4n) is 9.18. The van der Waals surface area contributed by atoms with Gasteiger partial charge in [-0.1, -0.05) is 50.3 Å². The molecular formula is C42H62N6O11S. The number of hydrogen-bond acceptors (Lipinski definition) is 17. The number of oxime groups is 1. The maximum Gasteiger partial charge on any atom is 0.317 e. The summed E-state index contributed by atoms with van der Waals surface area (Å²) in [6.07, 6.45) is -3.03. The van der Waals surface area contributed by atoms with Crippen molar-refractivity contribution in [2.75, 3.05) is 21.2 Å². The van der Waals surface area contributed by atoms with Crippen LogP contribution in [0.1, 0.15) is 92.7 Å². The lowest BCUT2D eigenvalue weighted by atomic mass is 9.67. The van der Waals surface area contributed by atoms with Crippen molar-refractivity contribution in [2.24, 2.45) is 46.4 Å². The molecule has 3 aliphatic rings. The second-order valence-electron chi connectivity index (χ2n) is 17.2. The van der Waals surface area contributed by atoms with Crippen LogP contribution in [0.25, 0.3) is 10.7 Å². The van der Waals surface area contributed by atoms with E-state index in [2.05, 4.69) is 20.3 Å². The highest BCUT2D eigenvalue weighted by Crippen LogP contribution is 2.48. The lowest BCUT2D eigenvalue weighted by Crippen LogP contribution is -2.59. The van der Waals surface area contributed by atoms with Crippen molar-refractivity contribution in [2.45, 2.75) is 136 Å². The third-order valence-corrected chi connectivity index (χ3v) is 13.8. The average Bonchev–Trinajstić information content (AvgIpc) is 3.83. The number of amidine groups is 1. The Morgan fingerprint density at radius 2 is 1.77 bits per heavy atom. The van der Waals surface area contributed by atoms with Crippen molar-refractivity contribution >= 4 is 40.7 Å². The van der Waals surface area contributed by atoms with Gasteiger partial charge >= 0.3 is 11.9 Å². The molecule has 18 heteroatoms. The SMILES string of the molecule is CC[C@@H]1OC(=O)[C@H](C)C(=O)[C@H](C)[C@@H](O[C@@H]2O[C@H](C)C[C@H](N(C)C)[C@H]2O)[C@](C)(OC)C[C@@H](C)C(=O)[C@H](C)[C@H]2[C@H](/C(N)=N/O[C@H](C)c3nnc(-c4ccccn4)s3)C(=O)O[C@@]21C. The topological polar surface area (TPSA) is 224 Å². The highest BCUT2D eigenvalue weighted by atomic mass is 32.1. The van der Waals surface area contributed by atoms with E-state index in [9.17, 15) is 24.3 Å².